The Labute approximate surface area is 144 Å². The lowest BCUT2D eigenvalue weighted by atomic mass is 10.3. The third-order valence-electron chi connectivity index (χ3n) is 1.67. The number of carbonyl (C=O) groups is 2. The fourth-order valence-electron chi connectivity index (χ4n) is 0.765. The summed E-state index contributed by atoms with van der Waals surface area (Å²) in [7, 11) is 0. The topological polar surface area (TPSA) is 92.4 Å². The Kier molecular flexibility index (Phi) is 10.1. The predicted octanol–water partition coefficient (Wildman–Crippen LogP) is 2.78. The number of thioether (sulfide) groups is 1. The molecule has 0 saturated carbocycles. The lowest BCUT2D eigenvalue weighted by molar-refractivity contribution is -0.138. The molecule has 1 amide bonds. The maximum absolute atomic E-state index is 11.4. The fraction of sp³-hybridized carbons (Fsp3) is 0.333. The van der Waals surface area contributed by atoms with Gasteiger partial charge < -0.3 is 16.2 Å². The summed E-state index contributed by atoms with van der Waals surface area (Å²) in [5.41, 5.74) is 5.54. The van der Waals surface area contributed by atoms with E-state index in [1.807, 2.05) is 0 Å². The van der Waals surface area contributed by atoms with Crippen molar-refractivity contribution in [2.45, 2.75) is 6.04 Å². The Bertz CT molecular complexity index is 451. The summed E-state index contributed by atoms with van der Waals surface area (Å²) in [5.74, 6) is -1.74. The first-order chi connectivity index (χ1) is 9.16. The first-order valence-electron chi connectivity index (χ1n) is 4.81. The largest absolute Gasteiger partial charge is 0.480 e. The molecule has 11 heteroatoms. The SMILES string of the molecule is N[C@@H](CSC(Cl)=C(Cl)C(Cl)=C(Cl)Cl)C(=O)NCC(=O)O. The molecule has 0 aromatic carbocycles. The smallest absolute Gasteiger partial charge is 0.322 e. The summed E-state index contributed by atoms with van der Waals surface area (Å²) in [5, 5.41) is 10.3. The van der Waals surface area contributed by atoms with Crippen LogP contribution in [-0.4, -0.2) is 35.3 Å². The molecular weight excluding hydrogens is 393 g/mol. The minimum atomic E-state index is -1.17. The van der Waals surface area contributed by atoms with E-state index in [9.17, 15) is 9.59 Å². The van der Waals surface area contributed by atoms with Crippen LogP contribution in [0.4, 0.5) is 0 Å². The Morgan fingerprint density at radius 1 is 1.15 bits per heavy atom. The van der Waals surface area contributed by atoms with Gasteiger partial charge in [0, 0.05) is 5.75 Å². The van der Waals surface area contributed by atoms with Crippen molar-refractivity contribution in [3.63, 3.8) is 0 Å². The second kappa shape index (κ2) is 10.00. The lowest BCUT2D eigenvalue weighted by Crippen LogP contribution is -2.44. The zero-order valence-corrected chi connectivity index (χ0v) is 14.2. The first kappa shape index (κ1) is 20.2. The molecule has 0 aromatic rings. The van der Waals surface area contributed by atoms with E-state index in [0.717, 1.165) is 11.8 Å². The third-order valence-corrected chi connectivity index (χ3v) is 4.80. The Morgan fingerprint density at radius 2 is 1.70 bits per heavy atom. The summed E-state index contributed by atoms with van der Waals surface area (Å²) in [6.07, 6.45) is 0. The van der Waals surface area contributed by atoms with Crippen LogP contribution in [0.25, 0.3) is 0 Å². The van der Waals surface area contributed by atoms with Crippen LogP contribution in [-0.2, 0) is 9.59 Å². The van der Waals surface area contributed by atoms with Crippen molar-refractivity contribution in [3.8, 4) is 0 Å². The number of aliphatic carboxylic acids is 1. The number of hydrogen-bond acceptors (Lipinski definition) is 4. The first-order valence-corrected chi connectivity index (χ1v) is 7.68. The maximum atomic E-state index is 11.4. The van der Waals surface area contributed by atoms with Crippen molar-refractivity contribution in [3.05, 3.63) is 18.9 Å². The van der Waals surface area contributed by atoms with Crippen LogP contribution in [0.15, 0.2) is 18.9 Å². The van der Waals surface area contributed by atoms with Gasteiger partial charge in [-0.1, -0.05) is 58.0 Å². The number of rotatable bonds is 7. The number of amides is 1. The number of carboxylic acid groups (broad SMARTS) is 1. The number of carboxylic acids is 1. The molecule has 0 aliphatic rings. The van der Waals surface area contributed by atoms with E-state index >= 15 is 0 Å². The molecule has 0 aliphatic carbocycles. The molecule has 114 valence electrons. The van der Waals surface area contributed by atoms with Gasteiger partial charge in [0.05, 0.1) is 20.5 Å². The van der Waals surface area contributed by atoms with Crippen molar-refractivity contribution >= 4 is 81.6 Å². The molecule has 20 heavy (non-hydrogen) atoms. The van der Waals surface area contributed by atoms with Gasteiger partial charge in [0.1, 0.15) is 11.0 Å². The molecule has 0 spiro atoms. The molecule has 0 fully saturated rings. The summed E-state index contributed by atoms with van der Waals surface area (Å²) >= 11 is 29.1. The Balaban J connectivity index is 4.48. The molecule has 4 N–H and O–H groups in total. The molecule has 0 aliphatic heterocycles. The quantitative estimate of drug-likeness (QED) is 0.570. The highest BCUT2D eigenvalue weighted by Gasteiger charge is 2.17. The molecular formula is C9H9Cl5N2O3S. The maximum Gasteiger partial charge on any atom is 0.322 e. The average Bonchev–Trinajstić information content (AvgIpc) is 2.39. The van der Waals surface area contributed by atoms with Crippen LogP contribution in [0.1, 0.15) is 0 Å². The number of nitrogens with two attached hydrogens (primary N) is 1. The van der Waals surface area contributed by atoms with Crippen molar-refractivity contribution in [2.75, 3.05) is 12.3 Å². The van der Waals surface area contributed by atoms with E-state index in [1.165, 1.54) is 0 Å². The zero-order chi connectivity index (χ0) is 15.9. The minimum absolute atomic E-state index is 0.0527. The highest BCUT2D eigenvalue weighted by molar-refractivity contribution is 8.04. The number of nitrogens with one attached hydrogen (secondary N) is 1. The number of allylic oxidation sites excluding steroid dienone is 2. The van der Waals surface area contributed by atoms with Crippen LogP contribution in [0.2, 0.25) is 0 Å². The number of hydrogen-bond donors (Lipinski definition) is 3. The highest BCUT2D eigenvalue weighted by atomic mass is 35.5. The van der Waals surface area contributed by atoms with E-state index in [-0.39, 0.29) is 24.7 Å². The molecule has 0 unspecified atom stereocenters. The average molecular weight is 403 g/mol. The zero-order valence-electron chi connectivity index (χ0n) is 9.63. The Hall–Kier alpha value is 0.180. The molecule has 0 heterocycles. The van der Waals surface area contributed by atoms with Crippen molar-refractivity contribution < 1.29 is 14.7 Å². The van der Waals surface area contributed by atoms with Crippen LogP contribution in [0.5, 0.6) is 0 Å². The molecule has 0 bridgehead atoms. The fourth-order valence-corrected chi connectivity index (χ4v) is 2.50. The summed E-state index contributed by atoms with van der Waals surface area (Å²) in [6, 6.07) is -0.966. The molecule has 0 radical (unpaired) electrons. The van der Waals surface area contributed by atoms with Crippen LogP contribution < -0.4 is 11.1 Å². The summed E-state index contributed by atoms with van der Waals surface area (Å²) < 4.78 is -0.198. The van der Waals surface area contributed by atoms with Gasteiger partial charge in [0.2, 0.25) is 5.91 Å². The number of carbonyl (C=O) groups excluding carboxylic acids is 1. The molecule has 0 aromatic heterocycles. The Morgan fingerprint density at radius 3 is 2.15 bits per heavy atom. The van der Waals surface area contributed by atoms with Crippen LogP contribution in [0, 0.1) is 0 Å². The molecule has 0 rings (SSSR count). The molecule has 5 nitrogen and oxygen atoms in total. The second-order valence-electron chi connectivity index (χ2n) is 3.19. The second-order valence-corrected chi connectivity index (χ2v) is 6.53. The lowest BCUT2D eigenvalue weighted by Gasteiger charge is -2.11. The van der Waals surface area contributed by atoms with Gasteiger partial charge in [-0.05, 0) is 0 Å². The van der Waals surface area contributed by atoms with Gasteiger partial charge in [-0.2, -0.15) is 0 Å². The minimum Gasteiger partial charge on any atom is -0.480 e. The van der Waals surface area contributed by atoms with E-state index in [0.29, 0.717) is 0 Å². The van der Waals surface area contributed by atoms with Gasteiger partial charge in [-0.25, -0.2) is 0 Å². The normalized spacial score (nSPS) is 13.3. The van der Waals surface area contributed by atoms with Gasteiger partial charge in [0.25, 0.3) is 0 Å². The number of halogens is 5. The van der Waals surface area contributed by atoms with Crippen molar-refractivity contribution in [2.24, 2.45) is 5.73 Å². The summed E-state index contributed by atoms with van der Waals surface area (Å²) in [4.78, 5) is 21.7. The summed E-state index contributed by atoms with van der Waals surface area (Å²) in [6.45, 7) is -0.516. The van der Waals surface area contributed by atoms with Crippen molar-refractivity contribution in [1.82, 2.24) is 5.32 Å². The van der Waals surface area contributed by atoms with Gasteiger partial charge in [-0.15, -0.1) is 11.8 Å². The van der Waals surface area contributed by atoms with E-state index < -0.39 is 24.5 Å². The predicted molar refractivity (Wildman–Crippen MR) is 84.4 cm³/mol. The molecule has 0 saturated heterocycles. The van der Waals surface area contributed by atoms with Crippen LogP contribution >= 0.6 is 69.8 Å². The van der Waals surface area contributed by atoms with Crippen LogP contribution in [0.3, 0.4) is 0 Å². The van der Waals surface area contributed by atoms with Crippen molar-refractivity contribution in [1.29, 1.82) is 0 Å². The molecule has 1 atom stereocenters. The highest BCUT2D eigenvalue weighted by Crippen LogP contribution is 2.36. The van der Waals surface area contributed by atoms with Gasteiger partial charge >= 0.3 is 5.97 Å². The van der Waals surface area contributed by atoms with Gasteiger partial charge in [-0.3, -0.25) is 9.59 Å². The monoisotopic (exact) mass is 400 g/mol. The van der Waals surface area contributed by atoms with Gasteiger partial charge in [0.15, 0.2) is 0 Å². The van der Waals surface area contributed by atoms with E-state index in [2.05, 4.69) is 5.32 Å². The van der Waals surface area contributed by atoms with E-state index in [4.69, 9.17) is 68.8 Å². The standard InChI is InChI=1S/C9H9Cl5N2O3S/c10-5(7(12)13)6(11)8(14)20-2-3(15)9(19)16-1-4(17)18/h3H,1-2,15H2,(H,16,19)(H,17,18)/t3-/m0/s1. The third kappa shape index (κ3) is 7.83. The van der Waals surface area contributed by atoms with E-state index in [1.54, 1.807) is 0 Å².